The monoisotopic (exact) mass is 684 g/mol. The van der Waals surface area contributed by atoms with Crippen molar-refractivity contribution in [2.75, 3.05) is 18.4 Å². The van der Waals surface area contributed by atoms with Gasteiger partial charge < -0.3 is 19.7 Å². The van der Waals surface area contributed by atoms with Crippen molar-refractivity contribution in [3.05, 3.63) is 88.7 Å². The molecular formula is C30H32N6O7S3. The predicted octanol–water partition coefficient (Wildman–Crippen LogP) is 4.54. The van der Waals surface area contributed by atoms with Crippen molar-refractivity contribution in [3.63, 3.8) is 0 Å². The zero-order valence-corrected chi connectivity index (χ0v) is 27.3. The summed E-state index contributed by atoms with van der Waals surface area (Å²) >= 11 is 2.45. The molecule has 13 nitrogen and oxygen atoms in total. The highest BCUT2D eigenvalue weighted by molar-refractivity contribution is 7.89. The van der Waals surface area contributed by atoms with E-state index < -0.39 is 34.2 Å². The Morgan fingerprint density at radius 2 is 1.91 bits per heavy atom. The molecule has 2 aromatic carbocycles. The maximum absolute atomic E-state index is 14.0. The van der Waals surface area contributed by atoms with E-state index in [-0.39, 0.29) is 47.8 Å². The topological polar surface area (TPSA) is 177 Å². The number of amides is 2. The second-order valence-corrected chi connectivity index (χ2v) is 14.7. The van der Waals surface area contributed by atoms with Gasteiger partial charge in [-0.25, -0.2) is 18.2 Å². The van der Waals surface area contributed by atoms with Crippen LogP contribution in [-0.4, -0.2) is 70.2 Å². The molecule has 3 heterocycles. The molecule has 0 aliphatic heterocycles. The Morgan fingerprint density at radius 1 is 1.11 bits per heavy atom. The molecule has 5 aromatic rings. The van der Waals surface area contributed by atoms with Crippen molar-refractivity contribution in [2.45, 2.75) is 43.9 Å². The Hall–Kier alpha value is -4.22. The summed E-state index contributed by atoms with van der Waals surface area (Å²) in [5.74, 6) is -0.594. The van der Waals surface area contributed by atoms with Crippen LogP contribution in [0, 0.1) is 5.92 Å². The third kappa shape index (κ3) is 8.52. The van der Waals surface area contributed by atoms with Crippen molar-refractivity contribution in [3.8, 4) is 0 Å². The summed E-state index contributed by atoms with van der Waals surface area (Å²) in [6.07, 6.45) is 1.16. The Bertz CT molecular complexity index is 1850. The van der Waals surface area contributed by atoms with E-state index in [1.807, 2.05) is 44.2 Å². The molecular weight excluding hydrogens is 653 g/mol. The van der Waals surface area contributed by atoms with Crippen LogP contribution in [0.25, 0.3) is 10.2 Å². The first-order chi connectivity index (χ1) is 22.1. The molecule has 5 rings (SSSR count). The molecule has 0 radical (unpaired) electrons. The normalized spacial score (nSPS) is 13.2. The number of alkyl carbamates (subject to hydrolysis) is 1. The first-order valence-corrected chi connectivity index (χ1v) is 17.4. The molecule has 2 amide bonds. The van der Waals surface area contributed by atoms with E-state index in [9.17, 15) is 23.1 Å². The number of ether oxygens (including phenoxy) is 1. The number of thiazole rings is 2. The molecule has 3 N–H and O–H groups in total. The predicted molar refractivity (Wildman–Crippen MR) is 173 cm³/mol. The maximum Gasteiger partial charge on any atom is 0.407 e. The Kier molecular flexibility index (Phi) is 10.7. The lowest BCUT2D eigenvalue weighted by Crippen LogP contribution is -2.51. The van der Waals surface area contributed by atoms with Gasteiger partial charge in [-0.05, 0) is 36.1 Å². The second kappa shape index (κ2) is 14.9. The molecule has 2 atom stereocenters. The molecule has 0 aliphatic carbocycles. The minimum absolute atomic E-state index is 0.00106. The molecule has 0 spiro atoms. The van der Waals surface area contributed by atoms with Crippen LogP contribution >= 0.6 is 22.7 Å². The first kappa shape index (κ1) is 33.2. The Labute approximate surface area is 273 Å². The molecule has 46 heavy (non-hydrogen) atoms. The van der Waals surface area contributed by atoms with Crippen molar-refractivity contribution in [1.82, 2.24) is 24.7 Å². The lowest BCUT2D eigenvalue weighted by molar-refractivity contribution is 0.0876. The van der Waals surface area contributed by atoms with Gasteiger partial charge >= 0.3 is 6.09 Å². The van der Waals surface area contributed by atoms with E-state index in [4.69, 9.17) is 9.26 Å². The van der Waals surface area contributed by atoms with Crippen LogP contribution in [0.5, 0.6) is 0 Å². The van der Waals surface area contributed by atoms with Crippen LogP contribution in [0.4, 0.5) is 9.93 Å². The standard InChI is InChI=1S/C30H32N6O7S3/c1-19(2)15-36(16-25(37)24(12-20-6-4-3-5-7-20)34-30(39)42-17-21-14-31-18-44-21)46(40,41)22-8-9-23-27(13-22)45-29(33-23)35-28(38)26-10-11-32-43-26/h3-11,13-14,18-19,24-25,37H,12,15-17H2,1-2H3,(H,34,39)(H,33,35,38)/t24-,25+/m0/s1. The first-order valence-electron chi connectivity index (χ1n) is 14.2. The van der Waals surface area contributed by atoms with Gasteiger partial charge in [-0.2, -0.15) is 4.31 Å². The molecule has 0 unspecified atom stereocenters. The zero-order chi connectivity index (χ0) is 32.7. The molecule has 242 valence electrons. The van der Waals surface area contributed by atoms with Crippen LogP contribution in [0.2, 0.25) is 0 Å². The summed E-state index contributed by atoms with van der Waals surface area (Å²) in [6.45, 7) is 3.60. The van der Waals surface area contributed by atoms with Crippen molar-refractivity contribution < 1.29 is 32.4 Å². The highest BCUT2D eigenvalue weighted by atomic mass is 32.2. The molecule has 0 fully saturated rings. The zero-order valence-electron chi connectivity index (χ0n) is 24.9. The lowest BCUT2D eigenvalue weighted by atomic mass is 10.0. The number of anilines is 1. The highest BCUT2D eigenvalue weighted by Gasteiger charge is 2.32. The van der Waals surface area contributed by atoms with Crippen LogP contribution in [-0.2, 0) is 27.8 Å². The van der Waals surface area contributed by atoms with Gasteiger partial charge in [0, 0.05) is 25.4 Å². The number of carbonyl (C=O) groups excluding carboxylic acids is 2. The number of rotatable bonds is 14. The Morgan fingerprint density at radius 3 is 2.61 bits per heavy atom. The third-order valence-electron chi connectivity index (χ3n) is 6.73. The number of hydrogen-bond donors (Lipinski definition) is 3. The number of aromatic nitrogens is 3. The number of nitrogens with one attached hydrogen (secondary N) is 2. The van der Waals surface area contributed by atoms with E-state index in [2.05, 4.69) is 25.8 Å². The molecule has 3 aromatic heterocycles. The molecule has 16 heteroatoms. The number of benzene rings is 2. The second-order valence-electron chi connectivity index (χ2n) is 10.7. The van der Waals surface area contributed by atoms with Crippen LogP contribution in [0.15, 0.2) is 81.9 Å². The SMILES string of the molecule is CC(C)CN(C[C@@H](O)[C@H](Cc1ccccc1)NC(=O)OCc1cncs1)S(=O)(=O)c1ccc2nc(NC(=O)c3ccno3)sc2c1. The van der Waals surface area contributed by atoms with E-state index in [1.54, 1.807) is 17.8 Å². The van der Waals surface area contributed by atoms with Gasteiger partial charge in [0.2, 0.25) is 15.8 Å². The number of sulfonamides is 1. The van der Waals surface area contributed by atoms with Gasteiger partial charge in [0.05, 0.1) is 43.8 Å². The van der Waals surface area contributed by atoms with Crippen LogP contribution in [0.1, 0.15) is 34.8 Å². The number of aliphatic hydroxyl groups is 1. The summed E-state index contributed by atoms with van der Waals surface area (Å²) in [7, 11) is -4.11. The van der Waals surface area contributed by atoms with Gasteiger partial charge in [-0.15, -0.1) is 11.3 Å². The summed E-state index contributed by atoms with van der Waals surface area (Å²) in [5, 5.41) is 20.6. The number of fused-ring (bicyclic) bond motifs is 1. The summed E-state index contributed by atoms with van der Waals surface area (Å²) in [6, 6.07) is 14.3. The largest absolute Gasteiger partial charge is 0.444 e. The minimum atomic E-state index is -4.11. The molecule has 0 saturated heterocycles. The number of aliphatic hydroxyl groups excluding tert-OH is 1. The van der Waals surface area contributed by atoms with Gasteiger partial charge in [0.25, 0.3) is 5.91 Å². The average molecular weight is 685 g/mol. The fourth-order valence-corrected chi connectivity index (χ4v) is 7.70. The smallest absolute Gasteiger partial charge is 0.407 e. The van der Waals surface area contributed by atoms with Crippen LogP contribution in [0.3, 0.4) is 0 Å². The molecule has 0 saturated carbocycles. The van der Waals surface area contributed by atoms with Gasteiger partial charge in [-0.3, -0.25) is 15.1 Å². The van der Waals surface area contributed by atoms with E-state index in [1.165, 1.54) is 40.0 Å². The number of carbonyl (C=O) groups is 2. The Balaban J connectivity index is 1.35. The minimum Gasteiger partial charge on any atom is -0.444 e. The van der Waals surface area contributed by atoms with Gasteiger partial charge in [-0.1, -0.05) is 60.7 Å². The van der Waals surface area contributed by atoms with Gasteiger partial charge in [0.15, 0.2) is 5.13 Å². The summed E-state index contributed by atoms with van der Waals surface area (Å²) in [4.78, 5) is 34.2. The van der Waals surface area contributed by atoms with E-state index >= 15 is 0 Å². The lowest BCUT2D eigenvalue weighted by Gasteiger charge is -2.30. The van der Waals surface area contributed by atoms with Gasteiger partial charge in [0.1, 0.15) is 6.61 Å². The van der Waals surface area contributed by atoms with Crippen molar-refractivity contribution >= 4 is 60.0 Å². The quantitative estimate of drug-likeness (QED) is 0.151. The van der Waals surface area contributed by atoms with E-state index in [0.717, 1.165) is 21.8 Å². The van der Waals surface area contributed by atoms with Crippen molar-refractivity contribution in [1.29, 1.82) is 0 Å². The summed E-state index contributed by atoms with van der Waals surface area (Å²) in [5.41, 5.74) is 2.97. The fraction of sp³-hybridized carbons (Fsp3) is 0.300. The number of hydrogen-bond acceptors (Lipinski definition) is 12. The van der Waals surface area contributed by atoms with Crippen molar-refractivity contribution in [2.24, 2.45) is 5.92 Å². The highest BCUT2D eigenvalue weighted by Crippen LogP contribution is 2.30. The van der Waals surface area contributed by atoms with Crippen LogP contribution < -0.4 is 10.6 Å². The summed E-state index contributed by atoms with van der Waals surface area (Å²) < 4.78 is 40.0. The average Bonchev–Trinajstić information content (AvgIpc) is 3.81. The molecule has 0 bridgehead atoms. The fourth-order valence-electron chi connectivity index (χ4n) is 4.57. The molecule has 0 aliphatic rings. The maximum atomic E-state index is 14.0. The third-order valence-corrected chi connectivity index (χ3v) is 10.2. The van der Waals surface area contributed by atoms with E-state index in [0.29, 0.717) is 10.2 Å². The number of nitrogens with zero attached hydrogens (tertiary/aromatic N) is 4.